The van der Waals surface area contributed by atoms with Gasteiger partial charge in [0.05, 0.1) is 0 Å². The molecule has 0 aliphatic heterocycles. The van der Waals surface area contributed by atoms with Gasteiger partial charge in [0.25, 0.3) is 0 Å². The second-order valence-electron chi connectivity index (χ2n) is 2.25. The first-order valence-electron chi connectivity index (χ1n) is 3.42. The maximum absolute atomic E-state index is 4.72. The summed E-state index contributed by atoms with van der Waals surface area (Å²) in [5, 5.41) is 3.81. The number of rotatable bonds is 1. The molecule has 0 saturated heterocycles. The molecule has 0 N–H and O–H groups in total. The predicted octanol–water partition coefficient (Wildman–Crippen LogP) is 2.34. The molecule has 3 heteroatoms. The average Bonchev–Trinajstić information content (AvgIpc) is 2.58. The van der Waals surface area contributed by atoms with Crippen LogP contribution in [-0.2, 0) is 17.4 Å². The summed E-state index contributed by atoms with van der Waals surface area (Å²) in [7, 11) is 0. The van der Waals surface area contributed by atoms with Crippen molar-refractivity contribution in [3.63, 3.8) is 0 Å². The van der Waals surface area contributed by atoms with Gasteiger partial charge in [-0.05, 0) is 0 Å². The van der Waals surface area contributed by atoms with E-state index in [0.29, 0.717) is 0 Å². The second-order valence-corrected chi connectivity index (χ2v) is 2.25. The quantitative estimate of drug-likeness (QED) is 0.701. The Hall–Kier alpha value is -1.04. The maximum atomic E-state index is 4.72. The Morgan fingerprint density at radius 3 is 2.33 bits per heavy atom. The molecule has 0 radical (unpaired) electrons. The Morgan fingerprint density at radius 1 is 1.00 bits per heavy atom. The smallest absolute Gasteiger partial charge is 0.124 e. The molecule has 0 atom stereocenters. The van der Waals surface area contributed by atoms with Gasteiger partial charge in [0.1, 0.15) is 12.0 Å². The van der Waals surface area contributed by atoms with Crippen molar-refractivity contribution in [2.24, 2.45) is 0 Å². The number of aromatic nitrogens is 1. The third-order valence-electron chi connectivity index (χ3n) is 1.51. The predicted molar refractivity (Wildman–Crippen MR) is 41.9 cm³/mol. The molecule has 1 heterocycles. The fourth-order valence-electron chi connectivity index (χ4n) is 0.970. The Morgan fingerprint density at radius 2 is 1.75 bits per heavy atom. The van der Waals surface area contributed by atoms with E-state index in [4.69, 9.17) is 4.52 Å². The number of hydrogen-bond acceptors (Lipinski definition) is 2. The van der Waals surface area contributed by atoms with Crippen molar-refractivity contribution in [2.75, 3.05) is 0 Å². The van der Waals surface area contributed by atoms with Crippen molar-refractivity contribution >= 4 is 0 Å². The van der Waals surface area contributed by atoms with Gasteiger partial charge in [-0.2, -0.15) is 0 Å². The van der Waals surface area contributed by atoms with Crippen molar-refractivity contribution in [3.8, 4) is 11.3 Å². The van der Waals surface area contributed by atoms with E-state index in [-0.39, 0.29) is 17.4 Å². The van der Waals surface area contributed by atoms with Crippen LogP contribution < -0.4 is 0 Å². The third kappa shape index (κ3) is 1.76. The van der Waals surface area contributed by atoms with Crippen molar-refractivity contribution in [1.82, 2.24) is 5.16 Å². The number of benzene rings is 1. The summed E-state index contributed by atoms with van der Waals surface area (Å²) in [6.45, 7) is 0. The van der Waals surface area contributed by atoms with E-state index < -0.39 is 0 Å². The first kappa shape index (κ1) is 9.05. The van der Waals surface area contributed by atoms with Crippen LogP contribution in [0.15, 0.2) is 47.2 Å². The monoisotopic (exact) mass is 197 g/mol. The van der Waals surface area contributed by atoms with Crippen molar-refractivity contribution in [2.45, 2.75) is 0 Å². The van der Waals surface area contributed by atoms with Gasteiger partial charge in [0.15, 0.2) is 0 Å². The molecule has 0 aliphatic rings. The van der Waals surface area contributed by atoms with E-state index in [2.05, 4.69) is 5.16 Å². The molecule has 1 aromatic carbocycles. The standard InChI is InChI=1S/C9H7NO.Cr/c1-2-4-8(5-3-1)9-6-7-11-10-9;/h1-7H;. The van der Waals surface area contributed by atoms with Gasteiger partial charge in [-0.25, -0.2) is 0 Å². The van der Waals surface area contributed by atoms with Crippen LogP contribution in [0, 0.1) is 0 Å². The van der Waals surface area contributed by atoms with Crippen molar-refractivity contribution in [1.29, 1.82) is 0 Å². The summed E-state index contributed by atoms with van der Waals surface area (Å²) in [5.74, 6) is 0. The zero-order valence-corrected chi connectivity index (χ0v) is 7.58. The number of hydrogen-bond donors (Lipinski definition) is 0. The van der Waals surface area contributed by atoms with Crippen LogP contribution in [0.2, 0.25) is 0 Å². The fourth-order valence-corrected chi connectivity index (χ4v) is 0.970. The molecule has 2 aromatic rings. The van der Waals surface area contributed by atoms with Gasteiger partial charge in [0, 0.05) is 29.0 Å². The topological polar surface area (TPSA) is 26.0 Å². The molecule has 2 rings (SSSR count). The van der Waals surface area contributed by atoms with Gasteiger partial charge in [0.2, 0.25) is 0 Å². The molecule has 60 valence electrons. The molecule has 0 fully saturated rings. The molecule has 12 heavy (non-hydrogen) atoms. The largest absolute Gasteiger partial charge is 0.364 e. The van der Waals surface area contributed by atoms with E-state index >= 15 is 0 Å². The summed E-state index contributed by atoms with van der Waals surface area (Å²) in [4.78, 5) is 0. The molecule has 0 saturated carbocycles. The Bertz CT molecular complexity index is 318. The van der Waals surface area contributed by atoms with Crippen molar-refractivity contribution < 1.29 is 21.9 Å². The number of nitrogens with zero attached hydrogens (tertiary/aromatic N) is 1. The molecule has 0 spiro atoms. The average molecular weight is 197 g/mol. The summed E-state index contributed by atoms with van der Waals surface area (Å²) in [5.41, 5.74) is 1.96. The molecular weight excluding hydrogens is 190 g/mol. The van der Waals surface area contributed by atoms with Gasteiger partial charge in [-0.15, -0.1) is 0 Å². The third-order valence-corrected chi connectivity index (χ3v) is 1.51. The van der Waals surface area contributed by atoms with E-state index in [1.54, 1.807) is 6.26 Å². The van der Waals surface area contributed by atoms with Crippen LogP contribution in [0.3, 0.4) is 0 Å². The molecule has 0 aliphatic carbocycles. The van der Waals surface area contributed by atoms with Gasteiger partial charge in [-0.1, -0.05) is 35.5 Å². The molecule has 2 nitrogen and oxygen atoms in total. The minimum Gasteiger partial charge on any atom is -0.364 e. The summed E-state index contributed by atoms with van der Waals surface area (Å²) >= 11 is 0. The normalized spacial score (nSPS) is 9.00. The zero-order chi connectivity index (χ0) is 7.52. The summed E-state index contributed by atoms with van der Waals surface area (Å²) < 4.78 is 4.72. The van der Waals surface area contributed by atoms with Gasteiger partial charge >= 0.3 is 0 Å². The first-order chi connectivity index (χ1) is 5.47. The molecule has 1 aromatic heterocycles. The summed E-state index contributed by atoms with van der Waals surface area (Å²) in [6, 6.07) is 11.8. The van der Waals surface area contributed by atoms with Crippen LogP contribution in [-0.4, -0.2) is 5.16 Å². The van der Waals surface area contributed by atoms with Gasteiger partial charge < -0.3 is 4.52 Å². The fraction of sp³-hybridized carbons (Fsp3) is 0. The van der Waals surface area contributed by atoms with Crippen LogP contribution in [0.25, 0.3) is 11.3 Å². The molecule has 0 amide bonds. The van der Waals surface area contributed by atoms with Crippen LogP contribution >= 0.6 is 0 Å². The molecular formula is C9H7CrNO. The molecule has 0 unspecified atom stereocenters. The van der Waals surface area contributed by atoms with Crippen LogP contribution in [0.5, 0.6) is 0 Å². The molecule has 0 bridgehead atoms. The zero-order valence-electron chi connectivity index (χ0n) is 6.31. The maximum Gasteiger partial charge on any atom is 0.124 e. The Labute approximate surface area is 81.3 Å². The van der Waals surface area contributed by atoms with Gasteiger partial charge in [-0.3, -0.25) is 0 Å². The van der Waals surface area contributed by atoms with E-state index in [1.165, 1.54) is 0 Å². The summed E-state index contributed by atoms with van der Waals surface area (Å²) in [6.07, 6.45) is 1.57. The van der Waals surface area contributed by atoms with E-state index in [1.807, 2.05) is 36.4 Å². The van der Waals surface area contributed by atoms with E-state index in [0.717, 1.165) is 11.3 Å². The minimum atomic E-state index is 0. The second kappa shape index (κ2) is 4.10. The first-order valence-corrected chi connectivity index (χ1v) is 3.42. The van der Waals surface area contributed by atoms with Crippen molar-refractivity contribution in [3.05, 3.63) is 42.7 Å². The minimum absolute atomic E-state index is 0. The Kier molecular flexibility index (Phi) is 3.10. The SMILES string of the molecule is [Cr].c1ccc(-c2ccon2)cc1. The van der Waals surface area contributed by atoms with Crippen LogP contribution in [0.4, 0.5) is 0 Å². The Balaban J connectivity index is 0.000000720. The van der Waals surface area contributed by atoms with Crippen LogP contribution in [0.1, 0.15) is 0 Å². The van der Waals surface area contributed by atoms with E-state index in [9.17, 15) is 0 Å².